The Kier molecular flexibility index (Phi) is 5.05. The van der Waals surface area contributed by atoms with Gasteiger partial charge < -0.3 is 10.1 Å². The molecule has 1 aromatic heterocycles. The SMILES string of the molecule is CC[C@H](OC)C(=O)Nc1ccnn1Cc1ccccc1F. The summed E-state index contributed by atoms with van der Waals surface area (Å²) in [5.41, 5.74) is 0.510. The van der Waals surface area contributed by atoms with Gasteiger partial charge in [-0.25, -0.2) is 9.07 Å². The van der Waals surface area contributed by atoms with E-state index in [1.807, 2.05) is 6.92 Å². The molecule has 2 rings (SSSR count). The van der Waals surface area contributed by atoms with Crippen LogP contribution in [0.2, 0.25) is 0 Å². The molecular formula is C15H18FN3O2. The first-order chi connectivity index (χ1) is 10.2. The number of anilines is 1. The van der Waals surface area contributed by atoms with E-state index in [1.54, 1.807) is 35.1 Å². The van der Waals surface area contributed by atoms with Crippen LogP contribution in [0.15, 0.2) is 36.5 Å². The van der Waals surface area contributed by atoms with Crippen LogP contribution in [0.25, 0.3) is 0 Å². The lowest BCUT2D eigenvalue weighted by Gasteiger charge is -2.14. The van der Waals surface area contributed by atoms with E-state index in [2.05, 4.69) is 10.4 Å². The number of benzene rings is 1. The molecule has 21 heavy (non-hydrogen) atoms. The van der Waals surface area contributed by atoms with E-state index >= 15 is 0 Å². The first kappa shape index (κ1) is 15.2. The van der Waals surface area contributed by atoms with Crippen LogP contribution in [-0.4, -0.2) is 28.9 Å². The molecule has 1 amide bonds. The Morgan fingerprint density at radius 3 is 2.86 bits per heavy atom. The number of amides is 1. The van der Waals surface area contributed by atoms with Crippen LogP contribution in [0, 0.1) is 5.82 Å². The van der Waals surface area contributed by atoms with Crippen molar-refractivity contribution in [1.82, 2.24) is 9.78 Å². The molecule has 0 bridgehead atoms. The minimum Gasteiger partial charge on any atom is -0.372 e. The van der Waals surface area contributed by atoms with Crippen molar-refractivity contribution in [2.45, 2.75) is 26.0 Å². The first-order valence-electron chi connectivity index (χ1n) is 6.74. The number of carbonyl (C=O) groups excluding carboxylic acids is 1. The highest BCUT2D eigenvalue weighted by Gasteiger charge is 2.17. The lowest BCUT2D eigenvalue weighted by molar-refractivity contribution is -0.125. The van der Waals surface area contributed by atoms with Gasteiger partial charge in [-0.05, 0) is 12.5 Å². The molecule has 1 aromatic carbocycles. The topological polar surface area (TPSA) is 56.1 Å². The van der Waals surface area contributed by atoms with E-state index in [4.69, 9.17) is 4.74 Å². The molecule has 2 aromatic rings. The molecule has 0 saturated heterocycles. The maximum Gasteiger partial charge on any atom is 0.254 e. The summed E-state index contributed by atoms with van der Waals surface area (Å²) in [6.07, 6.45) is 1.62. The molecule has 5 nitrogen and oxygen atoms in total. The van der Waals surface area contributed by atoms with Crippen LogP contribution in [-0.2, 0) is 16.1 Å². The number of halogens is 1. The lowest BCUT2D eigenvalue weighted by Crippen LogP contribution is -2.29. The van der Waals surface area contributed by atoms with Crippen molar-refractivity contribution in [2.75, 3.05) is 12.4 Å². The summed E-state index contributed by atoms with van der Waals surface area (Å²) in [5, 5.41) is 6.86. The molecule has 0 spiro atoms. The van der Waals surface area contributed by atoms with Crippen molar-refractivity contribution in [1.29, 1.82) is 0 Å². The molecule has 0 fully saturated rings. The molecule has 1 heterocycles. The number of hydrogen-bond acceptors (Lipinski definition) is 3. The zero-order chi connectivity index (χ0) is 15.2. The van der Waals surface area contributed by atoms with Gasteiger partial charge in [0.1, 0.15) is 17.7 Å². The molecule has 0 saturated carbocycles. The first-order valence-corrected chi connectivity index (χ1v) is 6.74. The van der Waals surface area contributed by atoms with Gasteiger partial charge in [-0.1, -0.05) is 25.1 Å². The Bertz CT molecular complexity index is 608. The highest BCUT2D eigenvalue weighted by molar-refractivity contribution is 5.93. The smallest absolute Gasteiger partial charge is 0.254 e. The standard InChI is InChI=1S/C15H18FN3O2/c1-3-13(21-2)15(20)18-14-8-9-17-19(14)10-11-6-4-5-7-12(11)16/h4-9,13H,3,10H2,1-2H3,(H,18,20)/t13-/m0/s1. The molecule has 0 aliphatic carbocycles. The van der Waals surface area contributed by atoms with Crippen molar-refractivity contribution in [3.8, 4) is 0 Å². The summed E-state index contributed by atoms with van der Waals surface area (Å²) in [4.78, 5) is 12.0. The van der Waals surface area contributed by atoms with Crippen molar-refractivity contribution in [2.24, 2.45) is 0 Å². The molecule has 0 unspecified atom stereocenters. The third-order valence-electron chi connectivity index (χ3n) is 3.19. The number of ether oxygens (including phenoxy) is 1. The van der Waals surface area contributed by atoms with Crippen LogP contribution in [0.3, 0.4) is 0 Å². The Labute approximate surface area is 122 Å². The second-order valence-electron chi connectivity index (χ2n) is 4.59. The maximum absolute atomic E-state index is 13.7. The zero-order valence-corrected chi connectivity index (χ0v) is 12.0. The summed E-state index contributed by atoms with van der Waals surface area (Å²) in [6, 6.07) is 8.15. The maximum atomic E-state index is 13.7. The number of methoxy groups -OCH3 is 1. The zero-order valence-electron chi connectivity index (χ0n) is 12.0. The quantitative estimate of drug-likeness (QED) is 0.889. The Morgan fingerprint density at radius 1 is 1.43 bits per heavy atom. The van der Waals surface area contributed by atoms with Gasteiger partial charge in [0, 0.05) is 18.7 Å². The molecule has 1 atom stereocenters. The van der Waals surface area contributed by atoms with E-state index in [9.17, 15) is 9.18 Å². The predicted octanol–water partition coefficient (Wildman–Crippen LogP) is 2.43. The number of nitrogens with zero attached hydrogens (tertiary/aromatic N) is 2. The fourth-order valence-corrected chi connectivity index (χ4v) is 2.02. The molecule has 0 aliphatic rings. The second kappa shape index (κ2) is 6.99. The highest BCUT2D eigenvalue weighted by Crippen LogP contribution is 2.13. The van der Waals surface area contributed by atoms with Gasteiger partial charge in [0.25, 0.3) is 5.91 Å². The number of carbonyl (C=O) groups is 1. The van der Waals surface area contributed by atoms with Gasteiger partial charge in [0.15, 0.2) is 0 Å². The average molecular weight is 291 g/mol. The van der Waals surface area contributed by atoms with Crippen molar-refractivity contribution >= 4 is 11.7 Å². The summed E-state index contributed by atoms with van der Waals surface area (Å²) in [6.45, 7) is 2.11. The molecular weight excluding hydrogens is 273 g/mol. The molecule has 112 valence electrons. The van der Waals surface area contributed by atoms with Gasteiger partial charge in [-0.15, -0.1) is 0 Å². The van der Waals surface area contributed by atoms with Crippen molar-refractivity contribution in [3.05, 3.63) is 47.9 Å². The number of hydrogen-bond donors (Lipinski definition) is 1. The second-order valence-corrected chi connectivity index (χ2v) is 4.59. The van der Waals surface area contributed by atoms with Crippen LogP contribution in [0.5, 0.6) is 0 Å². The molecule has 0 aliphatic heterocycles. The van der Waals surface area contributed by atoms with E-state index < -0.39 is 6.10 Å². The number of aromatic nitrogens is 2. The lowest BCUT2D eigenvalue weighted by atomic mass is 10.2. The Balaban J connectivity index is 2.12. The van der Waals surface area contributed by atoms with E-state index in [1.165, 1.54) is 13.2 Å². The van der Waals surface area contributed by atoms with Crippen LogP contribution < -0.4 is 5.32 Å². The van der Waals surface area contributed by atoms with Crippen LogP contribution in [0.4, 0.5) is 10.2 Å². The van der Waals surface area contributed by atoms with E-state index in [0.717, 1.165) is 0 Å². The van der Waals surface area contributed by atoms with E-state index in [-0.39, 0.29) is 18.3 Å². The summed E-state index contributed by atoms with van der Waals surface area (Å²) >= 11 is 0. The Hall–Kier alpha value is -2.21. The number of nitrogens with one attached hydrogen (secondary N) is 1. The number of rotatable bonds is 6. The Morgan fingerprint density at radius 2 is 2.19 bits per heavy atom. The van der Waals surface area contributed by atoms with Gasteiger partial charge in [0.05, 0.1) is 12.7 Å². The summed E-state index contributed by atoms with van der Waals surface area (Å²) in [5.74, 6) is -0.0253. The minimum atomic E-state index is -0.512. The normalized spacial score (nSPS) is 12.1. The largest absolute Gasteiger partial charge is 0.372 e. The molecule has 1 N–H and O–H groups in total. The monoisotopic (exact) mass is 291 g/mol. The van der Waals surface area contributed by atoms with Gasteiger partial charge in [-0.2, -0.15) is 5.10 Å². The summed E-state index contributed by atoms with van der Waals surface area (Å²) < 4.78 is 20.3. The minimum absolute atomic E-state index is 0.240. The fourth-order valence-electron chi connectivity index (χ4n) is 2.02. The predicted molar refractivity (Wildman–Crippen MR) is 77.4 cm³/mol. The molecule has 0 radical (unpaired) electrons. The third-order valence-corrected chi connectivity index (χ3v) is 3.19. The van der Waals surface area contributed by atoms with Crippen molar-refractivity contribution < 1.29 is 13.9 Å². The third kappa shape index (κ3) is 3.66. The van der Waals surface area contributed by atoms with Crippen LogP contribution >= 0.6 is 0 Å². The average Bonchev–Trinajstić information content (AvgIpc) is 2.90. The van der Waals surface area contributed by atoms with Gasteiger partial charge in [0.2, 0.25) is 0 Å². The van der Waals surface area contributed by atoms with Gasteiger partial charge in [-0.3, -0.25) is 4.79 Å². The summed E-state index contributed by atoms with van der Waals surface area (Å²) in [7, 11) is 1.49. The molecule has 6 heteroatoms. The van der Waals surface area contributed by atoms with E-state index in [0.29, 0.717) is 17.8 Å². The van der Waals surface area contributed by atoms with Crippen molar-refractivity contribution in [3.63, 3.8) is 0 Å². The fraction of sp³-hybridized carbons (Fsp3) is 0.333. The van der Waals surface area contributed by atoms with Gasteiger partial charge >= 0.3 is 0 Å². The van der Waals surface area contributed by atoms with Crippen LogP contribution in [0.1, 0.15) is 18.9 Å². The highest BCUT2D eigenvalue weighted by atomic mass is 19.1.